The summed E-state index contributed by atoms with van der Waals surface area (Å²) < 4.78 is 0. The van der Waals surface area contributed by atoms with Crippen LogP contribution >= 0.6 is 11.3 Å². The minimum absolute atomic E-state index is 0.0606. The standard InChI is InChI=1S/C19H28N4O2S/c24-18(21-7-1-2-8-21)15-4-3-9-23(12-15)16-5-10-22(11-6-16)19(25)17-13-26-14-20-17/h13-16H,1-12H2/t15-/m1/s1. The number of carbonyl (C=O) groups excluding carboxylic acids is 2. The number of nitrogens with zero attached hydrogens (tertiary/aromatic N) is 4. The third kappa shape index (κ3) is 3.78. The van der Waals surface area contributed by atoms with Crippen molar-refractivity contribution in [2.45, 2.75) is 44.6 Å². The molecule has 4 heterocycles. The summed E-state index contributed by atoms with van der Waals surface area (Å²) in [6.07, 6.45) is 6.47. The lowest BCUT2D eigenvalue weighted by Gasteiger charge is -2.42. The second-order valence-electron chi connectivity index (χ2n) is 7.76. The van der Waals surface area contributed by atoms with E-state index in [0.29, 0.717) is 17.6 Å². The molecule has 3 fully saturated rings. The zero-order valence-electron chi connectivity index (χ0n) is 15.3. The van der Waals surface area contributed by atoms with Gasteiger partial charge in [0, 0.05) is 44.1 Å². The Morgan fingerprint density at radius 2 is 1.73 bits per heavy atom. The summed E-state index contributed by atoms with van der Waals surface area (Å²) in [6, 6.07) is 0.503. The highest BCUT2D eigenvalue weighted by Gasteiger charge is 2.34. The molecule has 0 spiro atoms. The van der Waals surface area contributed by atoms with Gasteiger partial charge in [0.2, 0.25) is 5.91 Å². The van der Waals surface area contributed by atoms with Crippen molar-refractivity contribution in [2.24, 2.45) is 5.92 Å². The molecule has 0 radical (unpaired) electrons. The van der Waals surface area contributed by atoms with Gasteiger partial charge >= 0.3 is 0 Å². The van der Waals surface area contributed by atoms with Crippen molar-refractivity contribution in [1.82, 2.24) is 19.7 Å². The molecule has 4 rings (SSSR count). The number of hydrogen-bond acceptors (Lipinski definition) is 5. The van der Waals surface area contributed by atoms with E-state index in [2.05, 4.69) is 14.8 Å². The van der Waals surface area contributed by atoms with Crippen LogP contribution in [-0.4, -0.2) is 76.8 Å². The quantitative estimate of drug-likeness (QED) is 0.811. The summed E-state index contributed by atoms with van der Waals surface area (Å²) in [6.45, 7) is 5.48. The molecular formula is C19H28N4O2S. The van der Waals surface area contributed by atoms with Crippen LogP contribution in [0.25, 0.3) is 0 Å². The molecule has 0 unspecified atom stereocenters. The second kappa shape index (κ2) is 8.05. The minimum atomic E-state index is 0.0606. The van der Waals surface area contributed by atoms with Crippen molar-refractivity contribution < 1.29 is 9.59 Å². The van der Waals surface area contributed by atoms with Gasteiger partial charge in [-0.15, -0.1) is 11.3 Å². The molecule has 26 heavy (non-hydrogen) atoms. The fourth-order valence-electron chi connectivity index (χ4n) is 4.65. The number of carbonyl (C=O) groups is 2. The Bertz CT molecular complexity index is 621. The van der Waals surface area contributed by atoms with Gasteiger partial charge in [-0.2, -0.15) is 0 Å². The molecule has 1 aromatic heterocycles. The zero-order chi connectivity index (χ0) is 17.9. The van der Waals surface area contributed by atoms with Crippen LogP contribution in [0.4, 0.5) is 0 Å². The van der Waals surface area contributed by atoms with E-state index in [4.69, 9.17) is 0 Å². The average Bonchev–Trinajstić information content (AvgIpc) is 3.41. The monoisotopic (exact) mass is 376 g/mol. The van der Waals surface area contributed by atoms with Crippen LogP contribution in [-0.2, 0) is 4.79 Å². The number of rotatable bonds is 3. The highest BCUT2D eigenvalue weighted by atomic mass is 32.1. The maximum absolute atomic E-state index is 12.7. The van der Waals surface area contributed by atoms with Gasteiger partial charge in [0.15, 0.2) is 0 Å². The Morgan fingerprint density at radius 3 is 2.42 bits per heavy atom. The lowest BCUT2D eigenvalue weighted by atomic mass is 9.93. The number of hydrogen-bond donors (Lipinski definition) is 0. The van der Waals surface area contributed by atoms with Gasteiger partial charge in [-0.1, -0.05) is 0 Å². The first kappa shape index (κ1) is 17.9. The summed E-state index contributed by atoms with van der Waals surface area (Å²) in [7, 11) is 0. The van der Waals surface area contributed by atoms with Crippen LogP contribution in [0.3, 0.4) is 0 Å². The second-order valence-corrected chi connectivity index (χ2v) is 8.48. The largest absolute Gasteiger partial charge is 0.342 e. The van der Waals surface area contributed by atoms with Gasteiger partial charge in [0.05, 0.1) is 11.4 Å². The molecule has 142 valence electrons. The highest BCUT2D eigenvalue weighted by Crippen LogP contribution is 2.26. The van der Waals surface area contributed by atoms with Crippen LogP contribution in [0, 0.1) is 5.92 Å². The number of piperidine rings is 2. The molecule has 3 aliphatic rings. The predicted octanol–water partition coefficient (Wildman–Crippen LogP) is 2.08. The predicted molar refractivity (Wildman–Crippen MR) is 101 cm³/mol. The Hall–Kier alpha value is -1.47. The van der Waals surface area contributed by atoms with Crippen LogP contribution in [0.2, 0.25) is 0 Å². The van der Waals surface area contributed by atoms with E-state index >= 15 is 0 Å². The van der Waals surface area contributed by atoms with Crippen molar-refractivity contribution in [3.8, 4) is 0 Å². The van der Waals surface area contributed by atoms with Crippen LogP contribution in [0.15, 0.2) is 10.9 Å². The summed E-state index contributed by atoms with van der Waals surface area (Å²) >= 11 is 1.47. The Kier molecular flexibility index (Phi) is 5.55. The molecule has 0 N–H and O–H groups in total. The van der Waals surface area contributed by atoms with E-state index in [1.54, 1.807) is 5.51 Å². The summed E-state index contributed by atoms with van der Waals surface area (Å²) in [5.41, 5.74) is 2.29. The molecule has 1 atom stereocenters. The molecule has 6 nitrogen and oxygen atoms in total. The van der Waals surface area contributed by atoms with Crippen molar-refractivity contribution >= 4 is 23.2 Å². The van der Waals surface area contributed by atoms with E-state index in [0.717, 1.165) is 77.8 Å². The van der Waals surface area contributed by atoms with Gasteiger partial charge in [0.25, 0.3) is 5.91 Å². The number of likely N-dealkylation sites (tertiary alicyclic amines) is 3. The number of amides is 2. The number of thiazole rings is 1. The lowest BCUT2D eigenvalue weighted by molar-refractivity contribution is -0.136. The fourth-order valence-corrected chi connectivity index (χ4v) is 5.18. The molecular weight excluding hydrogens is 348 g/mol. The third-order valence-electron chi connectivity index (χ3n) is 6.14. The lowest BCUT2D eigenvalue weighted by Crippen LogP contribution is -2.51. The molecule has 0 aliphatic carbocycles. The van der Waals surface area contributed by atoms with E-state index in [9.17, 15) is 9.59 Å². The van der Waals surface area contributed by atoms with Crippen molar-refractivity contribution in [2.75, 3.05) is 39.3 Å². The molecule has 7 heteroatoms. The van der Waals surface area contributed by atoms with E-state index < -0.39 is 0 Å². The maximum Gasteiger partial charge on any atom is 0.273 e. The van der Waals surface area contributed by atoms with Crippen molar-refractivity contribution in [3.63, 3.8) is 0 Å². The summed E-state index contributed by atoms with van der Waals surface area (Å²) in [5, 5.41) is 1.83. The van der Waals surface area contributed by atoms with Crippen LogP contribution < -0.4 is 0 Å². The van der Waals surface area contributed by atoms with Crippen LogP contribution in [0.1, 0.15) is 49.0 Å². The molecule has 3 saturated heterocycles. The van der Waals surface area contributed by atoms with Gasteiger partial charge in [-0.3, -0.25) is 14.5 Å². The molecule has 1 aromatic rings. The molecule has 2 amide bonds. The van der Waals surface area contributed by atoms with Gasteiger partial charge in [0.1, 0.15) is 5.69 Å². The molecule has 0 aromatic carbocycles. The summed E-state index contributed by atoms with van der Waals surface area (Å²) in [5.74, 6) is 0.616. The fraction of sp³-hybridized carbons (Fsp3) is 0.737. The van der Waals surface area contributed by atoms with Crippen molar-refractivity contribution in [3.05, 3.63) is 16.6 Å². The van der Waals surface area contributed by atoms with Gasteiger partial charge < -0.3 is 9.80 Å². The first-order valence-corrected chi connectivity index (χ1v) is 10.9. The Morgan fingerprint density at radius 1 is 0.962 bits per heavy atom. The first-order chi connectivity index (χ1) is 12.7. The highest BCUT2D eigenvalue weighted by molar-refractivity contribution is 7.07. The number of aromatic nitrogens is 1. The molecule has 0 bridgehead atoms. The normalized spacial score (nSPS) is 25.6. The average molecular weight is 377 g/mol. The van der Waals surface area contributed by atoms with Gasteiger partial charge in [-0.25, -0.2) is 4.98 Å². The van der Waals surface area contributed by atoms with Crippen molar-refractivity contribution in [1.29, 1.82) is 0 Å². The Labute approximate surface area is 159 Å². The van der Waals surface area contributed by atoms with E-state index in [-0.39, 0.29) is 11.8 Å². The smallest absolute Gasteiger partial charge is 0.273 e. The van der Waals surface area contributed by atoms with E-state index in [1.165, 1.54) is 11.3 Å². The minimum Gasteiger partial charge on any atom is -0.342 e. The maximum atomic E-state index is 12.7. The summed E-state index contributed by atoms with van der Waals surface area (Å²) in [4.78, 5) is 35.8. The first-order valence-electron chi connectivity index (χ1n) is 9.92. The Balaban J connectivity index is 1.30. The SMILES string of the molecule is O=C(c1cscn1)N1CCC(N2CCC[C@@H](C(=O)N3CCCC3)C2)CC1. The van der Waals surface area contributed by atoms with Crippen LogP contribution in [0.5, 0.6) is 0 Å². The zero-order valence-corrected chi connectivity index (χ0v) is 16.1. The molecule has 3 aliphatic heterocycles. The van der Waals surface area contributed by atoms with Gasteiger partial charge in [-0.05, 0) is 45.1 Å². The third-order valence-corrected chi connectivity index (χ3v) is 6.73. The topological polar surface area (TPSA) is 56.8 Å². The van der Waals surface area contributed by atoms with E-state index in [1.807, 2.05) is 10.3 Å². The molecule has 0 saturated carbocycles.